The van der Waals surface area contributed by atoms with Crippen molar-refractivity contribution < 1.29 is 9.90 Å². The molecular weight excluding hydrogens is 224 g/mol. The molecule has 0 aliphatic rings. The number of hydrogen-bond acceptors (Lipinski definition) is 3. The molecule has 0 unspecified atom stereocenters. The third-order valence-corrected chi connectivity index (χ3v) is 2.57. The number of halogens is 1. The van der Waals surface area contributed by atoms with Crippen molar-refractivity contribution in [1.29, 1.82) is 0 Å². The number of aryl methyl sites for hydroxylation is 1. The molecule has 0 amide bonds. The smallest absolute Gasteiger partial charge is 0.309 e. The fourth-order valence-electron chi connectivity index (χ4n) is 1.20. The molecule has 2 rings (SSSR count). The first kappa shape index (κ1) is 11.0. The number of carboxylic acids is 1. The zero-order chi connectivity index (χ0) is 9.42. The minimum atomic E-state index is -0.845. The molecule has 0 aromatic carbocycles. The second kappa shape index (κ2) is 3.98. The third-order valence-electron chi connectivity index (χ3n) is 1.65. The van der Waals surface area contributed by atoms with E-state index in [0.717, 1.165) is 4.96 Å². The molecule has 2 aromatic rings. The minimum Gasteiger partial charge on any atom is -0.481 e. The lowest BCUT2D eigenvalue weighted by Gasteiger charge is -1.85. The summed E-state index contributed by atoms with van der Waals surface area (Å²) in [6, 6.07) is 0. The molecule has 76 valence electrons. The quantitative estimate of drug-likeness (QED) is 0.859. The van der Waals surface area contributed by atoms with E-state index in [4.69, 9.17) is 5.11 Å². The summed E-state index contributed by atoms with van der Waals surface area (Å²) in [4.78, 5) is 16.6. The molecule has 14 heavy (non-hydrogen) atoms. The number of hydrogen-bond donors (Lipinski definition) is 1. The van der Waals surface area contributed by atoms with Gasteiger partial charge in [-0.15, -0.1) is 23.7 Å². The van der Waals surface area contributed by atoms with Gasteiger partial charge in [0, 0.05) is 17.3 Å². The molecule has 0 bridgehead atoms. The van der Waals surface area contributed by atoms with Crippen LogP contribution in [0.4, 0.5) is 0 Å². The summed E-state index contributed by atoms with van der Waals surface area (Å²) in [7, 11) is 0. The SMILES string of the molecule is Cc1cn2cc(CC(=O)O)nc2s1.Cl. The van der Waals surface area contributed by atoms with Crippen LogP contribution >= 0.6 is 23.7 Å². The molecule has 0 aliphatic carbocycles. The van der Waals surface area contributed by atoms with E-state index in [2.05, 4.69) is 4.98 Å². The number of nitrogens with zero attached hydrogens (tertiary/aromatic N) is 2. The zero-order valence-corrected chi connectivity index (χ0v) is 9.06. The Hall–Kier alpha value is -1.07. The van der Waals surface area contributed by atoms with Gasteiger partial charge < -0.3 is 5.11 Å². The number of rotatable bonds is 2. The number of imidazole rings is 1. The van der Waals surface area contributed by atoms with E-state index < -0.39 is 5.97 Å². The van der Waals surface area contributed by atoms with Crippen molar-refractivity contribution in [2.45, 2.75) is 13.3 Å². The zero-order valence-electron chi connectivity index (χ0n) is 7.43. The fourth-order valence-corrected chi connectivity index (χ4v) is 2.03. The Morgan fingerprint density at radius 3 is 2.93 bits per heavy atom. The Balaban J connectivity index is 0.000000980. The van der Waals surface area contributed by atoms with Crippen molar-refractivity contribution in [3.63, 3.8) is 0 Å². The highest BCUT2D eigenvalue weighted by Gasteiger charge is 2.07. The lowest BCUT2D eigenvalue weighted by Crippen LogP contribution is -1.99. The first-order valence-electron chi connectivity index (χ1n) is 3.81. The maximum Gasteiger partial charge on any atom is 0.309 e. The van der Waals surface area contributed by atoms with E-state index in [1.54, 1.807) is 17.5 Å². The first-order chi connectivity index (χ1) is 6.15. The van der Waals surface area contributed by atoms with Crippen LogP contribution in [0.1, 0.15) is 10.6 Å². The molecular formula is C8H9ClN2O2S. The normalized spacial score (nSPS) is 10.1. The first-order valence-corrected chi connectivity index (χ1v) is 4.62. The van der Waals surface area contributed by atoms with E-state index in [1.807, 2.05) is 17.5 Å². The summed E-state index contributed by atoms with van der Waals surface area (Å²) in [6.45, 7) is 2.00. The van der Waals surface area contributed by atoms with Gasteiger partial charge in [0.05, 0.1) is 12.1 Å². The summed E-state index contributed by atoms with van der Waals surface area (Å²) in [6.07, 6.45) is 3.69. The second-order valence-corrected chi connectivity index (χ2v) is 4.05. The summed E-state index contributed by atoms with van der Waals surface area (Å²) >= 11 is 1.56. The van der Waals surface area contributed by atoms with Crippen molar-refractivity contribution in [1.82, 2.24) is 9.38 Å². The number of aromatic nitrogens is 2. The molecule has 0 saturated carbocycles. The number of fused-ring (bicyclic) bond motifs is 1. The Morgan fingerprint density at radius 1 is 1.64 bits per heavy atom. The van der Waals surface area contributed by atoms with Crippen LogP contribution in [0, 0.1) is 6.92 Å². The van der Waals surface area contributed by atoms with Crippen LogP contribution in [-0.4, -0.2) is 20.5 Å². The molecule has 0 atom stereocenters. The summed E-state index contributed by atoms with van der Waals surface area (Å²) in [5.41, 5.74) is 0.610. The summed E-state index contributed by atoms with van der Waals surface area (Å²) in [5, 5.41) is 8.54. The van der Waals surface area contributed by atoms with Crippen molar-refractivity contribution in [2.24, 2.45) is 0 Å². The summed E-state index contributed by atoms with van der Waals surface area (Å²) in [5.74, 6) is -0.845. The maximum atomic E-state index is 10.4. The van der Waals surface area contributed by atoms with Gasteiger partial charge in [0.2, 0.25) is 0 Å². The van der Waals surface area contributed by atoms with Gasteiger partial charge in [0.25, 0.3) is 0 Å². The minimum absolute atomic E-state index is 0. The van der Waals surface area contributed by atoms with Crippen molar-refractivity contribution in [2.75, 3.05) is 0 Å². The highest BCUT2D eigenvalue weighted by atomic mass is 35.5. The Kier molecular flexibility index (Phi) is 3.13. The molecule has 0 spiro atoms. The largest absolute Gasteiger partial charge is 0.481 e. The van der Waals surface area contributed by atoms with Crippen LogP contribution in [0.25, 0.3) is 4.96 Å². The van der Waals surface area contributed by atoms with Crippen LogP contribution in [0.5, 0.6) is 0 Å². The number of carbonyl (C=O) groups is 1. The van der Waals surface area contributed by atoms with Gasteiger partial charge in [-0.05, 0) is 6.92 Å². The van der Waals surface area contributed by atoms with E-state index in [1.165, 1.54) is 4.88 Å². The number of thiazole rings is 1. The average molecular weight is 233 g/mol. The topological polar surface area (TPSA) is 54.6 Å². The average Bonchev–Trinajstić information content (AvgIpc) is 2.41. The lowest BCUT2D eigenvalue weighted by atomic mass is 10.3. The van der Waals surface area contributed by atoms with Crippen LogP contribution in [0.15, 0.2) is 12.4 Å². The van der Waals surface area contributed by atoms with Crippen molar-refractivity contribution >= 4 is 34.7 Å². The molecule has 4 nitrogen and oxygen atoms in total. The lowest BCUT2D eigenvalue weighted by molar-refractivity contribution is -0.136. The second-order valence-electron chi connectivity index (χ2n) is 2.83. The predicted octanol–water partition coefficient (Wildman–Crippen LogP) is 1.75. The van der Waals surface area contributed by atoms with Gasteiger partial charge in [-0.1, -0.05) is 0 Å². The van der Waals surface area contributed by atoms with Gasteiger partial charge in [0.15, 0.2) is 4.96 Å². The Labute approximate surface area is 90.6 Å². The van der Waals surface area contributed by atoms with Gasteiger partial charge in [-0.3, -0.25) is 9.20 Å². The van der Waals surface area contributed by atoms with Gasteiger partial charge in [-0.25, -0.2) is 4.98 Å². The van der Waals surface area contributed by atoms with Gasteiger partial charge in [0.1, 0.15) is 0 Å². The van der Waals surface area contributed by atoms with E-state index >= 15 is 0 Å². The highest BCUT2D eigenvalue weighted by molar-refractivity contribution is 7.16. The van der Waals surface area contributed by atoms with Gasteiger partial charge >= 0.3 is 5.97 Å². The standard InChI is InChI=1S/C8H8N2O2S.ClH/c1-5-3-10-4-6(2-7(11)12)9-8(10)13-5;/h3-4H,2H2,1H3,(H,11,12);1H. The van der Waals surface area contributed by atoms with Crippen LogP contribution in [0.3, 0.4) is 0 Å². The summed E-state index contributed by atoms with van der Waals surface area (Å²) < 4.78 is 1.86. The predicted molar refractivity (Wildman–Crippen MR) is 56.4 cm³/mol. The molecule has 1 N–H and O–H groups in total. The monoisotopic (exact) mass is 232 g/mol. The van der Waals surface area contributed by atoms with Crippen LogP contribution < -0.4 is 0 Å². The molecule has 0 aliphatic heterocycles. The maximum absolute atomic E-state index is 10.4. The fraction of sp³-hybridized carbons (Fsp3) is 0.250. The Morgan fingerprint density at radius 2 is 2.36 bits per heavy atom. The van der Waals surface area contributed by atoms with E-state index in [0.29, 0.717) is 5.69 Å². The third kappa shape index (κ3) is 2.05. The van der Waals surface area contributed by atoms with Gasteiger partial charge in [-0.2, -0.15) is 0 Å². The number of aliphatic carboxylic acids is 1. The molecule has 0 saturated heterocycles. The molecule has 6 heteroatoms. The van der Waals surface area contributed by atoms with Crippen molar-refractivity contribution in [3.8, 4) is 0 Å². The Bertz CT molecular complexity index is 431. The molecule has 0 fully saturated rings. The van der Waals surface area contributed by atoms with E-state index in [-0.39, 0.29) is 18.8 Å². The van der Waals surface area contributed by atoms with Crippen molar-refractivity contribution in [3.05, 3.63) is 23.0 Å². The highest BCUT2D eigenvalue weighted by Crippen LogP contribution is 2.16. The van der Waals surface area contributed by atoms with E-state index in [9.17, 15) is 4.79 Å². The molecule has 0 radical (unpaired) electrons. The van der Waals surface area contributed by atoms with Crippen LogP contribution in [0.2, 0.25) is 0 Å². The number of carboxylic acid groups (broad SMARTS) is 1. The molecule has 2 aromatic heterocycles. The molecule has 2 heterocycles. The van der Waals surface area contributed by atoms with Crippen LogP contribution in [-0.2, 0) is 11.2 Å².